The Morgan fingerprint density at radius 2 is 2.10 bits per heavy atom. The number of nitrogens with zero attached hydrogens (tertiary/aromatic N) is 3. The number of carbonyl (C=O) groups excluding carboxylic acids is 1. The number of hydrogen-bond donors (Lipinski definition) is 1. The second-order valence-corrected chi connectivity index (χ2v) is 11.3. The van der Waals surface area contributed by atoms with Crippen LogP contribution in [0.4, 0.5) is 4.39 Å². The van der Waals surface area contributed by atoms with Crippen molar-refractivity contribution in [2.24, 2.45) is 11.1 Å². The zero-order valence-electron chi connectivity index (χ0n) is 21.6. The third kappa shape index (κ3) is 6.01. The van der Waals surface area contributed by atoms with Gasteiger partial charge in [-0.2, -0.15) is 5.10 Å². The number of halogens is 1. The third-order valence-electron chi connectivity index (χ3n) is 6.46. The van der Waals surface area contributed by atoms with Crippen LogP contribution in [0.5, 0.6) is 0 Å². The van der Waals surface area contributed by atoms with Gasteiger partial charge in [0.25, 0.3) is 0 Å². The number of thiazole rings is 1. The molecule has 0 spiro atoms. The van der Waals surface area contributed by atoms with E-state index >= 15 is 0 Å². The van der Waals surface area contributed by atoms with Crippen molar-refractivity contribution < 1.29 is 18.1 Å². The smallest absolute Gasteiger partial charge is 0.357 e. The van der Waals surface area contributed by atoms with Crippen LogP contribution in [0.25, 0.3) is 16.4 Å². The maximum atomic E-state index is 14.7. The molecule has 10 heteroatoms. The number of nitrogens with two attached hydrogens (primary N) is 1. The van der Waals surface area contributed by atoms with Gasteiger partial charge >= 0.3 is 5.97 Å². The van der Waals surface area contributed by atoms with E-state index in [1.807, 2.05) is 28.9 Å². The first kappa shape index (κ1) is 26.9. The summed E-state index contributed by atoms with van der Waals surface area (Å²) in [6.07, 6.45) is 3.43. The highest BCUT2D eigenvalue weighted by Gasteiger charge is 2.29. The molecular weight excluding hydrogens is 535 g/mol. The average Bonchev–Trinajstić information content (AvgIpc) is 3.47. The van der Waals surface area contributed by atoms with Crippen molar-refractivity contribution in [3.8, 4) is 28.2 Å². The Hall–Kier alpha value is -3.65. The molecule has 7 nitrogen and oxygen atoms in total. The fraction of sp³-hybridized carbons (Fsp3) is 0.276. The molecule has 1 unspecified atom stereocenters. The summed E-state index contributed by atoms with van der Waals surface area (Å²) < 4.78 is 33.4. The topological polar surface area (TPSA) is 100 Å². The summed E-state index contributed by atoms with van der Waals surface area (Å²) >= 11 is 1.32. The van der Waals surface area contributed by atoms with E-state index in [0.717, 1.165) is 47.3 Å². The molecular formula is C29H28FN4O3S2+. The Morgan fingerprint density at radius 1 is 1.28 bits per heavy atom. The number of benzene rings is 2. The number of thiol groups is 1. The van der Waals surface area contributed by atoms with Crippen molar-refractivity contribution in [1.82, 2.24) is 14.8 Å². The SMILES string of the molecule is CC#Cc1cccc(-c2nn(-c3nc(C(=O)OCC)cs3)c(CC3CC3)c2Cc2ccc([SH+](N)=O)c(F)c2)c1. The van der Waals surface area contributed by atoms with Gasteiger partial charge in [-0.25, -0.2) is 18.9 Å². The van der Waals surface area contributed by atoms with Gasteiger partial charge in [-0.1, -0.05) is 28.3 Å². The predicted octanol–water partition coefficient (Wildman–Crippen LogP) is 5.16. The second kappa shape index (κ2) is 11.6. The highest BCUT2D eigenvalue weighted by Crippen LogP contribution is 2.38. The molecule has 200 valence electrons. The minimum Gasteiger partial charge on any atom is -0.461 e. The molecule has 39 heavy (non-hydrogen) atoms. The normalized spacial score (nSPS) is 13.5. The van der Waals surface area contributed by atoms with Crippen LogP contribution in [0.15, 0.2) is 52.7 Å². The van der Waals surface area contributed by atoms with Gasteiger partial charge in [0.1, 0.15) is 0 Å². The molecule has 0 radical (unpaired) electrons. The molecule has 0 aliphatic heterocycles. The molecule has 2 aromatic heterocycles. The van der Waals surface area contributed by atoms with E-state index in [2.05, 4.69) is 16.8 Å². The van der Waals surface area contributed by atoms with Crippen molar-refractivity contribution >= 4 is 28.3 Å². The van der Waals surface area contributed by atoms with Gasteiger partial charge in [-0.3, -0.25) is 0 Å². The van der Waals surface area contributed by atoms with Crippen LogP contribution >= 0.6 is 11.3 Å². The van der Waals surface area contributed by atoms with E-state index in [9.17, 15) is 13.4 Å². The summed E-state index contributed by atoms with van der Waals surface area (Å²) in [4.78, 5) is 16.9. The van der Waals surface area contributed by atoms with Crippen molar-refractivity contribution in [2.45, 2.75) is 44.4 Å². The summed E-state index contributed by atoms with van der Waals surface area (Å²) in [5.41, 5.74) is 5.35. The number of aromatic nitrogens is 3. The Kier molecular flexibility index (Phi) is 8.02. The van der Waals surface area contributed by atoms with Crippen LogP contribution in [-0.4, -0.2) is 27.3 Å². The van der Waals surface area contributed by atoms with Crippen LogP contribution in [0, 0.1) is 23.6 Å². The van der Waals surface area contributed by atoms with Gasteiger partial charge in [0, 0.05) is 28.5 Å². The monoisotopic (exact) mass is 563 g/mol. The van der Waals surface area contributed by atoms with Crippen molar-refractivity contribution in [3.63, 3.8) is 0 Å². The molecule has 5 rings (SSSR count). The van der Waals surface area contributed by atoms with Crippen molar-refractivity contribution in [1.29, 1.82) is 0 Å². The lowest BCUT2D eigenvalue weighted by Gasteiger charge is -2.09. The largest absolute Gasteiger partial charge is 0.461 e. The van der Waals surface area contributed by atoms with E-state index in [-0.39, 0.29) is 17.2 Å². The molecule has 2 heterocycles. The maximum Gasteiger partial charge on any atom is 0.357 e. The number of esters is 1. The lowest BCUT2D eigenvalue weighted by Crippen LogP contribution is -2.08. The van der Waals surface area contributed by atoms with Crippen LogP contribution in [0.1, 0.15) is 59.6 Å². The molecule has 2 N–H and O–H groups in total. The Morgan fingerprint density at radius 3 is 2.79 bits per heavy atom. The van der Waals surface area contributed by atoms with Gasteiger partial charge < -0.3 is 4.74 Å². The molecule has 0 saturated heterocycles. The number of carbonyl (C=O) groups is 1. The molecule has 0 bridgehead atoms. The first-order chi connectivity index (χ1) is 18.9. The van der Waals surface area contributed by atoms with E-state index in [1.54, 1.807) is 25.3 Å². The molecule has 4 aromatic rings. The fourth-order valence-electron chi connectivity index (χ4n) is 4.46. The number of hydrogen-bond acceptors (Lipinski definition) is 6. The highest BCUT2D eigenvalue weighted by molar-refractivity contribution is 7.82. The zero-order chi connectivity index (χ0) is 27.5. The molecule has 1 fully saturated rings. The number of rotatable bonds is 9. The minimum absolute atomic E-state index is 0.00277. The van der Waals surface area contributed by atoms with Crippen molar-refractivity contribution in [3.05, 3.63) is 81.7 Å². The standard InChI is InChI=1S/C29H27FN4O3S2/c1-3-6-18-7-5-8-21(13-18)27-22(14-20-11-12-26(39(31)36)23(30)15-20)25(16-19-9-10-19)34(33-27)29-32-24(17-38-29)28(35)37-4-2/h5,7-8,11-13,15,17,19H,4,9-10,14,16H2,1-2H3,(H2,31,36)/p+1. The molecule has 1 atom stereocenters. The lowest BCUT2D eigenvalue weighted by atomic mass is 9.96. The Labute approximate surface area is 232 Å². The maximum absolute atomic E-state index is 14.7. The average molecular weight is 564 g/mol. The van der Waals surface area contributed by atoms with Gasteiger partial charge in [-0.15, -0.1) is 22.4 Å². The first-order valence-electron chi connectivity index (χ1n) is 12.6. The van der Waals surface area contributed by atoms with E-state index in [4.69, 9.17) is 15.0 Å². The van der Waals surface area contributed by atoms with Gasteiger partial charge in [0.2, 0.25) is 10.0 Å². The molecule has 1 aliphatic carbocycles. The van der Waals surface area contributed by atoms with Crippen LogP contribution in [-0.2, 0) is 32.8 Å². The summed E-state index contributed by atoms with van der Waals surface area (Å²) in [6, 6.07) is 12.5. The van der Waals surface area contributed by atoms with E-state index < -0.39 is 22.8 Å². The number of ether oxygens (including phenoxy) is 1. The Bertz CT molecular complexity index is 1630. The molecule has 2 aromatic carbocycles. The van der Waals surface area contributed by atoms with Crippen LogP contribution in [0.3, 0.4) is 0 Å². The zero-order valence-corrected chi connectivity index (χ0v) is 23.3. The molecule has 0 amide bonds. The summed E-state index contributed by atoms with van der Waals surface area (Å²) in [7, 11) is -2.28. The summed E-state index contributed by atoms with van der Waals surface area (Å²) in [5.74, 6) is 5.49. The van der Waals surface area contributed by atoms with E-state index in [1.165, 1.54) is 23.5 Å². The van der Waals surface area contributed by atoms with Crippen LogP contribution < -0.4 is 5.14 Å². The molecule has 1 saturated carbocycles. The third-order valence-corrected chi connectivity index (χ3v) is 8.12. The van der Waals surface area contributed by atoms with Gasteiger partial charge in [0.15, 0.2) is 22.5 Å². The quantitative estimate of drug-likeness (QED) is 0.131. The summed E-state index contributed by atoms with van der Waals surface area (Å²) in [5, 5.41) is 12.7. The van der Waals surface area contributed by atoms with Gasteiger partial charge in [0.05, 0.1) is 18.0 Å². The molecule has 1 aliphatic rings. The van der Waals surface area contributed by atoms with Crippen molar-refractivity contribution in [2.75, 3.05) is 6.61 Å². The van der Waals surface area contributed by atoms with Gasteiger partial charge in [-0.05, 0) is 68.9 Å². The summed E-state index contributed by atoms with van der Waals surface area (Å²) in [6.45, 7) is 3.81. The predicted molar refractivity (Wildman–Crippen MR) is 151 cm³/mol. The Balaban J connectivity index is 1.67. The van der Waals surface area contributed by atoms with Crippen LogP contribution in [0.2, 0.25) is 0 Å². The van der Waals surface area contributed by atoms with E-state index in [0.29, 0.717) is 23.0 Å². The first-order valence-corrected chi connectivity index (χ1v) is 14.9. The second-order valence-electron chi connectivity index (χ2n) is 9.31. The lowest BCUT2D eigenvalue weighted by molar-refractivity contribution is 0.0520. The highest BCUT2D eigenvalue weighted by atomic mass is 32.2. The minimum atomic E-state index is -2.28. The fourth-order valence-corrected chi connectivity index (χ4v) is 5.72.